The van der Waals surface area contributed by atoms with E-state index in [1.807, 2.05) is 60.8 Å². The maximum atomic E-state index is 13.5. The Balaban J connectivity index is 1.00. The SMILES string of the molecule is COc1ccc(Cn2ncc(-c3ccc4c(c3)Cc3cc(-c5nn(Cc6ccc(OC)cc6)nc5C(=O)OCCCN5CCOCC5)ccc3-4)n2)cc1. The van der Waals surface area contributed by atoms with Crippen molar-refractivity contribution in [3.05, 3.63) is 119 Å². The third-order valence-corrected chi connectivity index (χ3v) is 9.76. The van der Waals surface area contributed by atoms with Gasteiger partial charge in [0.25, 0.3) is 0 Å². The van der Waals surface area contributed by atoms with Crippen molar-refractivity contribution in [1.29, 1.82) is 0 Å². The number of nitrogens with zero attached hydrogens (tertiary/aromatic N) is 7. The lowest BCUT2D eigenvalue weighted by atomic mass is 10.0. The van der Waals surface area contributed by atoms with E-state index in [9.17, 15) is 4.79 Å². The van der Waals surface area contributed by atoms with Crippen molar-refractivity contribution in [2.24, 2.45) is 0 Å². The van der Waals surface area contributed by atoms with E-state index in [1.165, 1.54) is 11.1 Å². The molecule has 0 radical (unpaired) electrons. The number of carbonyl (C=O) groups is 1. The van der Waals surface area contributed by atoms with Crippen molar-refractivity contribution >= 4 is 5.97 Å². The molecule has 0 atom stereocenters. The average Bonchev–Trinajstić information content (AvgIpc) is 3.94. The van der Waals surface area contributed by atoms with Crippen LogP contribution in [0, 0.1) is 0 Å². The van der Waals surface area contributed by atoms with E-state index in [0.29, 0.717) is 25.4 Å². The normalized spacial score (nSPS) is 13.8. The third-order valence-electron chi connectivity index (χ3n) is 9.76. The highest BCUT2D eigenvalue weighted by Gasteiger charge is 2.25. The van der Waals surface area contributed by atoms with Crippen LogP contribution in [-0.4, -0.2) is 94.5 Å². The Morgan fingerprint density at radius 1 is 0.736 bits per heavy atom. The number of benzene rings is 4. The fraction of sp³-hybridized carbons (Fsp3) is 0.293. The predicted molar refractivity (Wildman–Crippen MR) is 199 cm³/mol. The van der Waals surface area contributed by atoms with Crippen LogP contribution in [0.3, 0.4) is 0 Å². The van der Waals surface area contributed by atoms with E-state index in [0.717, 1.165) is 96.3 Å². The van der Waals surface area contributed by atoms with Crippen LogP contribution in [0.15, 0.2) is 91.1 Å². The number of methoxy groups -OCH3 is 2. The minimum Gasteiger partial charge on any atom is -0.497 e. The molecule has 8 rings (SSSR count). The van der Waals surface area contributed by atoms with Gasteiger partial charge in [-0.05, 0) is 82.6 Å². The fourth-order valence-corrected chi connectivity index (χ4v) is 6.91. The molecule has 53 heavy (non-hydrogen) atoms. The number of morpholine rings is 1. The molecule has 1 saturated heterocycles. The Kier molecular flexibility index (Phi) is 9.95. The molecule has 0 N–H and O–H groups in total. The second-order valence-corrected chi connectivity index (χ2v) is 13.2. The molecule has 3 heterocycles. The van der Waals surface area contributed by atoms with Gasteiger partial charge in [0, 0.05) is 30.8 Å². The molecular weight excluding hydrogens is 670 g/mol. The zero-order valence-corrected chi connectivity index (χ0v) is 29.9. The van der Waals surface area contributed by atoms with Crippen LogP contribution < -0.4 is 9.47 Å². The summed E-state index contributed by atoms with van der Waals surface area (Å²) < 4.78 is 21.8. The molecule has 1 aliphatic heterocycles. The number of hydrogen-bond donors (Lipinski definition) is 0. The van der Waals surface area contributed by atoms with Crippen molar-refractivity contribution < 1.29 is 23.7 Å². The van der Waals surface area contributed by atoms with Crippen LogP contribution in [0.5, 0.6) is 11.5 Å². The second-order valence-electron chi connectivity index (χ2n) is 13.2. The van der Waals surface area contributed by atoms with E-state index in [4.69, 9.17) is 29.1 Å². The summed E-state index contributed by atoms with van der Waals surface area (Å²) >= 11 is 0. The number of fused-ring (bicyclic) bond motifs is 3. The number of ether oxygens (including phenoxy) is 4. The minimum absolute atomic E-state index is 0.209. The lowest BCUT2D eigenvalue weighted by Crippen LogP contribution is -2.37. The van der Waals surface area contributed by atoms with Gasteiger partial charge in [-0.25, -0.2) is 4.79 Å². The third kappa shape index (κ3) is 7.69. The molecule has 0 amide bonds. The summed E-state index contributed by atoms with van der Waals surface area (Å²) in [4.78, 5) is 19.1. The molecule has 270 valence electrons. The number of esters is 1. The molecule has 6 aromatic rings. The fourth-order valence-electron chi connectivity index (χ4n) is 6.91. The van der Waals surface area contributed by atoms with Crippen molar-refractivity contribution in [2.75, 3.05) is 53.7 Å². The Labute approximate surface area is 307 Å². The van der Waals surface area contributed by atoms with E-state index in [2.05, 4.69) is 45.4 Å². The molecule has 1 fully saturated rings. The summed E-state index contributed by atoms with van der Waals surface area (Å²) in [5.74, 6) is 1.11. The summed E-state index contributed by atoms with van der Waals surface area (Å²) in [6.07, 6.45) is 3.29. The largest absolute Gasteiger partial charge is 0.497 e. The van der Waals surface area contributed by atoms with Gasteiger partial charge < -0.3 is 18.9 Å². The Morgan fingerprint density at radius 2 is 1.36 bits per heavy atom. The smallest absolute Gasteiger partial charge is 0.361 e. The Bertz CT molecular complexity index is 2210. The predicted octanol–water partition coefficient (Wildman–Crippen LogP) is 5.77. The van der Waals surface area contributed by atoms with Crippen LogP contribution >= 0.6 is 0 Å². The average molecular weight is 712 g/mol. The first-order valence-electron chi connectivity index (χ1n) is 17.9. The van der Waals surface area contributed by atoms with Gasteiger partial charge in [0.15, 0.2) is 5.69 Å². The van der Waals surface area contributed by atoms with Gasteiger partial charge in [0.05, 0.1) is 53.3 Å². The van der Waals surface area contributed by atoms with Gasteiger partial charge in [-0.1, -0.05) is 48.5 Å². The summed E-state index contributed by atoms with van der Waals surface area (Å²) in [5, 5.41) is 18.8. The summed E-state index contributed by atoms with van der Waals surface area (Å²) in [7, 11) is 3.30. The van der Waals surface area contributed by atoms with Crippen LogP contribution in [0.1, 0.15) is 39.2 Å². The molecule has 0 bridgehead atoms. The zero-order chi connectivity index (χ0) is 36.1. The molecule has 2 aromatic heterocycles. The maximum absolute atomic E-state index is 13.5. The highest BCUT2D eigenvalue weighted by atomic mass is 16.5. The van der Waals surface area contributed by atoms with E-state index >= 15 is 0 Å². The summed E-state index contributed by atoms with van der Waals surface area (Å²) in [5.41, 5.74) is 10.2. The molecule has 1 aliphatic carbocycles. The molecule has 4 aromatic carbocycles. The molecule has 0 saturated carbocycles. The minimum atomic E-state index is -0.476. The lowest BCUT2D eigenvalue weighted by Gasteiger charge is -2.26. The Hall–Kier alpha value is -5.85. The van der Waals surface area contributed by atoms with Crippen LogP contribution in [0.2, 0.25) is 0 Å². The highest BCUT2D eigenvalue weighted by Crippen LogP contribution is 2.40. The quantitative estimate of drug-likeness (QED) is 0.108. The number of rotatable bonds is 13. The molecular formula is C41H41N7O5. The molecule has 0 spiro atoms. The van der Waals surface area contributed by atoms with Crippen molar-refractivity contribution in [1.82, 2.24) is 34.9 Å². The maximum Gasteiger partial charge on any atom is 0.361 e. The molecule has 2 aliphatic rings. The van der Waals surface area contributed by atoms with Gasteiger partial charge in [-0.3, -0.25) is 4.90 Å². The first-order valence-corrected chi connectivity index (χ1v) is 17.9. The van der Waals surface area contributed by atoms with Gasteiger partial charge in [0.2, 0.25) is 0 Å². The molecule has 12 heteroatoms. The lowest BCUT2D eigenvalue weighted by molar-refractivity contribution is 0.0296. The second kappa shape index (κ2) is 15.4. The Morgan fingerprint density at radius 3 is 2.02 bits per heavy atom. The van der Waals surface area contributed by atoms with Crippen molar-refractivity contribution in [2.45, 2.75) is 25.9 Å². The van der Waals surface area contributed by atoms with E-state index < -0.39 is 5.97 Å². The van der Waals surface area contributed by atoms with Gasteiger partial charge in [0.1, 0.15) is 22.9 Å². The topological polar surface area (TPSA) is 119 Å². The zero-order valence-electron chi connectivity index (χ0n) is 29.9. The number of hydrogen-bond acceptors (Lipinski definition) is 10. The number of carbonyl (C=O) groups excluding carboxylic acids is 1. The molecule has 12 nitrogen and oxygen atoms in total. The van der Waals surface area contributed by atoms with E-state index in [1.54, 1.807) is 23.8 Å². The first kappa shape index (κ1) is 34.2. The van der Waals surface area contributed by atoms with Crippen molar-refractivity contribution in [3.63, 3.8) is 0 Å². The van der Waals surface area contributed by atoms with Gasteiger partial charge in [-0.15, -0.1) is 5.10 Å². The summed E-state index contributed by atoms with van der Waals surface area (Å²) in [6.45, 7) is 5.39. The first-order chi connectivity index (χ1) is 26.0. The van der Waals surface area contributed by atoms with Gasteiger partial charge >= 0.3 is 5.97 Å². The van der Waals surface area contributed by atoms with E-state index in [-0.39, 0.29) is 5.69 Å². The van der Waals surface area contributed by atoms with Crippen LogP contribution in [-0.2, 0) is 29.0 Å². The monoisotopic (exact) mass is 711 g/mol. The van der Waals surface area contributed by atoms with Crippen molar-refractivity contribution in [3.8, 4) is 45.1 Å². The highest BCUT2D eigenvalue weighted by molar-refractivity contribution is 5.94. The molecule has 0 unspecified atom stereocenters. The standard InChI is InChI=1S/C41H41N7O5/c1-50-34-10-4-28(5-11-34)26-47-42-25-38(43-47)30-8-14-36-32(22-30)24-33-23-31(9-15-37(33)36)39-40(41(49)53-19-3-16-46-17-20-52-21-18-46)45-48(44-39)27-29-6-12-35(51-2)13-7-29/h4-15,22-23,25H,3,16-21,24,26-27H2,1-2H3. The van der Waals surface area contributed by atoms with Crippen LogP contribution in [0.4, 0.5) is 0 Å². The van der Waals surface area contributed by atoms with Crippen LogP contribution in [0.25, 0.3) is 33.6 Å². The number of aromatic nitrogens is 6. The summed E-state index contributed by atoms with van der Waals surface area (Å²) in [6, 6.07) is 28.4. The van der Waals surface area contributed by atoms with Gasteiger partial charge in [-0.2, -0.15) is 24.9 Å².